The van der Waals surface area contributed by atoms with Crippen molar-refractivity contribution >= 4 is 11.6 Å². The summed E-state index contributed by atoms with van der Waals surface area (Å²) in [6.45, 7) is 0. The number of benzene rings is 2. The number of nitrogens with one attached hydrogen (secondary N) is 1. The highest BCUT2D eigenvalue weighted by Crippen LogP contribution is 2.13. The number of carbonyl (C=O) groups excluding carboxylic acids is 1. The van der Waals surface area contributed by atoms with Crippen molar-refractivity contribution in [2.24, 2.45) is 0 Å². The lowest BCUT2D eigenvalue weighted by Gasteiger charge is -2.05. The molecule has 2 rings (SSSR count). The topological polar surface area (TPSA) is 52.9 Å². The van der Waals surface area contributed by atoms with Gasteiger partial charge in [0.15, 0.2) is 0 Å². The van der Waals surface area contributed by atoms with Gasteiger partial charge in [-0.1, -0.05) is 6.07 Å². The monoisotopic (exact) mass is 258 g/mol. The number of hydrogen-bond acceptors (Lipinski definition) is 2. The third-order valence-corrected chi connectivity index (χ3v) is 2.37. The van der Waals surface area contributed by atoms with Crippen molar-refractivity contribution in [2.75, 3.05) is 5.32 Å². The minimum atomic E-state index is -0.823. The van der Waals surface area contributed by atoms with Crippen LogP contribution in [0.2, 0.25) is 0 Å². The first kappa shape index (κ1) is 12.7. The van der Waals surface area contributed by atoms with Gasteiger partial charge in [-0.25, -0.2) is 8.78 Å². The minimum absolute atomic E-state index is 0.125. The summed E-state index contributed by atoms with van der Waals surface area (Å²) in [7, 11) is 0. The Labute approximate surface area is 108 Å². The molecule has 0 aliphatic rings. The fourth-order valence-corrected chi connectivity index (χ4v) is 1.55. The van der Waals surface area contributed by atoms with Crippen LogP contribution in [0.25, 0.3) is 0 Å². The van der Waals surface area contributed by atoms with Gasteiger partial charge in [0.25, 0.3) is 5.91 Å². The lowest BCUT2D eigenvalue weighted by molar-refractivity contribution is 0.102. The van der Waals surface area contributed by atoms with Crippen molar-refractivity contribution in [2.45, 2.75) is 0 Å². The van der Waals surface area contributed by atoms with Crippen molar-refractivity contribution in [3.8, 4) is 6.07 Å². The van der Waals surface area contributed by atoms with Crippen molar-refractivity contribution in [1.82, 2.24) is 0 Å². The van der Waals surface area contributed by atoms with Crippen LogP contribution in [0.15, 0.2) is 42.5 Å². The largest absolute Gasteiger partial charge is 0.322 e. The van der Waals surface area contributed by atoms with E-state index in [1.165, 1.54) is 6.07 Å². The zero-order chi connectivity index (χ0) is 13.8. The fraction of sp³-hybridized carbons (Fsp3) is 0. The van der Waals surface area contributed by atoms with Gasteiger partial charge in [0, 0.05) is 17.3 Å². The van der Waals surface area contributed by atoms with Crippen LogP contribution >= 0.6 is 0 Å². The molecule has 0 heterocycles. The van der Waals surface area contributed by atoms with Crippen molar-refractivity contribution in [3.05, 3.63) is 65.2 Å². The summed E-state index contributed by atoms with van der Waals surface area (Å²) < 4.78 is 26.0. The average molecular weight is 258 g/mol. The highest BCUT2D eigenvalue weighted by Gasteiger charge is 2.09. The van der Waals surface area contributed by atoms with E-state index in [0.29, 0.717) is 17.3 Å². The summed E-state index contributed by atoms with van der Waals surface area (Å²) in [5.41, 5.74) is 0.636. The van der Waals surface area contributed by atoms with E-state index in [2.05, 4.69) is 5.32 Å². The summed E-state index contributed by atoms with van der Waals surface area (Å²) in [4.78, 5) is 11.8. The summed E-state index contributed by atoms with van der Waals surface area (Å²) >= 11 is 0. The van der Waals surface area contributed by atoms with E-state index in [1.807, 2.05) is 6.07 Å². The summed E-state index contributed by atoms with van der Waals surface area (Å²) in [6.07, 6.45) is 0. The number of amides is 1. The Morgan fingerprint density at radius 2 is 1.79 bits per heavy atom. The molecule has 0 aliphatic heterocycles. The molecule has 0 spiro atoms. The van der Waals surface area contributed by atoms with Crippen LogP contribution in [-0.4, -0.2) is 5.91 Å². The van der Waals surface area contributed by atoms with Crippen LogP contribution in [0, 0.1) is 23.0 Å². The molecule has 19 heavy (non-hydrogen) atoms. The lowest BCUT2D eigenvalue weighted by Crippen LogP contribution is -2.12. The van der Waals surface area contributed by atoms with Gasteiger partial charge in [-0.2, -0.15) is 5.26 Å². The minimum Gasteiger partial charge on any atom is -0.322 e. The Bertz CT molecular complexity index is 657. The van der Waals surface area contributed by atoms with E-state index < -0.39 is 17.5 Å². The van der Waals surface area contributed by atoms with Crippen LogP contribution < -0.4 is 5.32 Å². The standard InChI is InChI=1S/C14H8F2N2O/c15-11-5-10(6-12(16)7-11)14(19)18-13-3-1-2-9(4-13)8-17/h1-7H,(H,18,19). The van der Waals surface area contributed by atoms with E-state index in [0.717, 1.165) is 12.1 Å². The van der Waals surface area contributed by atoms with Crippen LogP contribution in [0.3, 0.4) is 0 Å². The molecular formula is C14H8F2N2O. The molecule has 0 saturated carbocycles. The molecule has 0 fully saturated rings. The van der Waals surface area contributed by atoms with Gasteiger partial charge < -0.3 is 5.32 Å². The molecule has 1 N–H and O–H groups in total. The maximum atomic E-state index is 13.0. The second kappa shape index (κ2) is 5.27. The quantitative estimate of drug-likeness (QED) is 0.899. The van der Waals surface area contributed by atoms with E-state index in [1.54, 1.807) is 18.2 Å². The first-order valence-corrected chi connectivity index (χ1v) is 5.36. The Morgan fingerprint density at radius 1 is 1.11 bits per heavy atom. The number of hydrogen-bond donors (Lipinski definition) is 1. The maximum absolute atomic E-state index is 13.0. The van der Waals surface area contributed by atoms with Crippen molar-refractivity contribution in [3.63, 3.8) is 0 Å². The van der Waals surface area contributed by atoms with Gasteiger partial charge >= 0.3 is 0 Å². The first-order valence-electron chi connectivity index (χ1n) is 5.36. The Morgan fingerprint density at radius 3 is 2.42 bits per heavy atom. The molecule has 0 saturated heterocycles. The van der Waals surface area contributed by atoms with Crippen LogP contribution in [-0.2, 0) is 0 Å². The fourth-order valence-electron chi connectivity index (χ4n) is 1.55. The lowest BCUT2D eigenvalue weighted by atomic mass is 10.1. The van der Waals surface area contributed by atoms with Gasteiger partial charge in [0.2, 0.25) is 0 Å². The van der Waals surface area contributed by atoms with E-state index in [9.17, 15) is 13.6 Å². The van der Waals surface area contributed by atoms with Gasteiger partial charge in [0.05, 0.1) is 11.6 Å². The van der Waals surface area contributed by atoms with Gasteiger partial charge in [-0.05, 0) is 30.3 Å². The molecule has 94 valence electrons. The number of carbonyl (C=O) groups is 1. The molecule has 2 aromatic rings. The highest BCUT2D eigenvalue weighted by molar-refractivity contribution is 6.04. The van der Waals surface area contributed by atoms with Gasteiger partial charge in [-0.15, -0.1) is 0 Å². The average Bonchev–Trinajstić information content (AvgIpc) is 2.37. The molecule has 0 radical (unpaired) electrons. The zero-order valence-corrected chi connectivity index (χ0v) is 9.65. The van der Waals surface area contributed by atoms with E-state index in [4.69, 9.17) is 5.26 Å². The van der Waals surface area contributed by atoms with Crippen LogP contribution in [0.1, 0.15) is 15.9 Å². The van der Waals surface area contributed by atoms with Gasteiger partial charge in [0.1, 0.15) is 11.6 Å². The number of nitrogens with zero attached hydrogens (tertiary/aromatic N) is 1. The van der Waals surface area contributed by atoms with E-state index >= 15 is 0 Å². The third kappa shape index (κ3) is 3.13. The SMILES string of the molecule is N#Cc1cccc(NC(=O)c2cc(F)cc(F)c2)c1. The van der Waals surface area contributed by atoms with Crippen LogP contribution in [0.5, 0.6) is 0 Å². The number of anilines is 1. The molecule has 1 amide bonds. The maximum Gasteiger partial charge on any atom is 0.255 e. The van der Waals surface area contributed by atoms with Crippen molar-refractivity contribution in [1.29, 1.82) is 5.26 Å². The molecule has 2 aromatic carbocycles. The Kier molecular flexibility index (Phi) is 3.53. The molecule has 0 atom stereocenters. The van der Waals surface area contributed by atoms with E-state index in [-0.39, 0.29) is 5.56 Å². The predicted molar refractivity (Wildman–Crippen MR) is 65.5 cm³/mol. The Balaban J connectivity index is 2.23. The smallest absolute Gasteiger partial charge is 0.255 e. The van der Waals surface area contributed by atoms with Crippen LogP contribution in [0.4, 0.5) is 14.5 Å². The number of rotatable bonds is 2. The van der Waals surface area contributed by atoms with Gasteiger partial charge in [-0.3, -0.25) is 4.79 Å². The molecule has 5 heteroatoms. The predicted octanol–water partition coefficient (Wildman–Crippen LogP) is 3.09. The highest BCUT2D eigenvalue weighted by atomic mass is 19.1. The third-order valence-electron chi connectivity index (χ3n) is 2.37. The number of nitriles is 1. The Hall–Kier alpha value is -2.74. The molecule has 0 bridgehead atoms. The molecule has 0 aliphatic carbocycles. The zero-order valence-electron chi connectivity index (χ0n) is 9.65. The summed E-state index contributed by atoms with van der Waals surface area (Å²) in [6, 6.07) is 10.7. The summed E-state index contributed by atoms with van der Waals surface area (Å²) in [5, 5.41) is 11.2. The second-order valence-corrected chi connectivity index (χ2v) is 3.80. The molecule has 0 aromatic heterocycles. The number of halogens is 2. The molecule has 3 nitrogen and oxygen atoms in total. The first-order chi connectivity index (χ1) is 9.08. The molecule has 0 unspecified atom stereocenters. The summed E-state index contributed by atoms with van der Waals surface area (Å²) in [5.74, 6) is -2.29. The normalized spacial score (nSPS) is 9.74. The second-order valence-electron chi connectivity index (χ2n) is 3.80. The molecular weight excluding hydrogens is 250 g/mol. The van der Waals surface area contributed by atoms with Crippen molar-refractivity contribution < 1.29 is 13.6 Å².